The Hall–Kier alpha value is -2.27. The lowest BCUT2D eigenvalue weighted by atomic mass is 10.1. The molecule has 5 heteroatoms. The minimum Gasteiger partial charge on any atom is -0.497 e. The number of H-pyrrole nitrogens is 1. The van der Waals surface area contributed by atoms with E-state index >= 15 is 0 Å². The zero-order valence-corrected chi connectivity index (χ0v) is 13.8. The summed E-state index contributed by atoms with van der Waals surface area (Å²) < 4.78 is 6.08. The third-order valence-corrected chi connectivity index (χ3v) is 4.31. The highest BCUT2D eigenvalue weighted by molar-refractivity contribution is 9.10. The average molecular weight is 359 g/mol. The van der Waals surface area contributed by atoms with E-state index in [1.165, 1.54) is 0 Å². The number of para-hydroxylation sites is 1. The first-order chi connectivity index (χ1) is 10.6. The SMILES string of the molecule is COc1ccc2[nH]c(C(=O)Nc3ccccc3Br)c(C)c2c1. The number of ether oxygens (including phenoxy) is 1. The van der Waals surface area contributed by atoms with Crippen molar-refractivity contribution >= 4 is 38.4 Å². The van der Waals surface area contributed by atoms with Gasteiger partial charge in [0.1, 0.15) is 11.4 Å². The fourth-order valence-corrected chi connectivity index (χ4v) is 2.79. The van der Waals surface area contributed by atoms with Crippen LogP contribution in [0.4, 0.5) is 5.69 Å². The van der Waals surface area contributed by atoms with Crippen LogP contribution in [0.25, 0.3) is 10.9 Å². The zero-order chi connectivity index (χ0) is 15.7. The zero-order valence-electron chi connectivity index (χ0n) is 12.2. The number of rotatable bonds is 3. The van der Waals surface area contributed by atoms with Crippen molar-refractivity contribution in [3.63, 3.8) is 0 Å². The van der Waals surface area contributed by atoms with Crippen LogP contribution in [-0.2, 0) is 0 Å². The van der Waals surface area contributed by atoms with Gasteiger partial charge in [0.25, 0.3) is 5.91 Å². The molecule has 0 saturated heterocycles. The molecule has 2 N–H and O–H groups in total. The molecule has 0 aliphatic heterocycles. The predicted octanol–water partition coefficient (Wildman–Crippen LogP) is 4.50. The number of aromatic nitrogens is 1. The Morgan fingerprint density at radius 2 is 2.00 bits per heavy atom. The molecule has 0 fully saturated rings. The van der Waals surface area contributed by atoms with Crippen LogP contribution >= 0.6 is 15.9 Å². The molecule has 1 aromatic heterocycles. The highest BCUT2D eigenvalue weighted by atomic mass is 79.9. The lowest BCUT2D eigenvalue weighted by Crippen LogP contribution is -2.13. The molecule has 0 aliphatic carbocycles. The lowest BCUT2D eigenvalue weighted by molar-refractivity contribution is 0.102. The highest BCUT2D eigenvalue weighted by Gasteiger charge is 2.16. The lowest BCUT2D eigenvalue weighted by Gasteiger charge is -2.06. The third-order valence-electron chi connectivity index (χ3n) is 3.61. The maximum absolute atomic E-state index is 12.5. The summed E-state index contributed by atoms with van der Waals surface area (Å²) in [5, 5.41) is 3.89. The van der Waals surface area contributed by atoms with Crippen molar-refractivity contribution in [1.82, 2.24) is 4.98 Å². The van der Waals surface area contributed by atoms with Gasteiger partial charge in [-0.3, -0.25) is 4.79 Å². The fraction of sp³-hybridized carbons (Fsp3) is 0.118. The van der Waals surface area contributed by atoms with Crippen molar-refractivity contribution in [1.29, 1.82) is 0 Å². The molecule has 1 heterocycles. The summed E-state index contributed by atoms with van der Waals surface area (Å²) in [5.41, 5.74) is 3.11. The molecule has 0 radical (unpaired) electrons. The average Bonchev–Trinajstić information content (AvgIpc) is 2.86. The van der Waals surface area contributed by atoms with Crippen LogP contribution in [-0.4, -0.2) is 18.0 Å². The molecular formula is C17H15BrN2O2. The number of benzene rings is 2. The van der Waals surface area contributed by atoms with Crippen molar-refractivity contribution in [3.8, 4) is 5.75 Å². The molecule has 4 nitrogen and oxygen atoms in total. The smallest absolute Gasteiger partial charge is 0.272 e. The van der Waals surface area contributed by atoms with Gasteiger partial charge in [-0.2, -0.15) is 0 Å². The van der Waals surface area contributed by atoms with Crippen molar-refractivity contribution < 1.29 is 9.53 Å². The van der Waals surface area contributed by atoms with Gasteiger partial charge in [0, 0.05) is 15.4 Å². The Morgan fingerprint density at radius 3 is 2.73 bits per heavy atom. The van der Waals surface area contributed by atoms with Crippen LogP contribution in [0.3, 0.4) is 0 Å². The van der Waals surface area contributed by atoms with Gasteiger partial charge in [0.2, 0.25) is 0 Å². The molecule has 0 saturated carbocycles. The van der Waals surface area contributed by atoms with E-state index in [9.17, 15) is 4.79 Å². The molecule has 3 aromatic rings. The van der Waals surface area contributed by atoms with Gasteiger partial charge in [-0.15, -0.1) is 0 Å². The monoisotopic (exact) mass is 358 g/mol. The first-order valence-corrected chi connectivity index (χ1v) is 7.61. The number of methoxy groups -OCH3 is 1. The number of nitrogens with one attached hydrogen (secondary N) is 2. The number of halogens is 1. The number of carbonyl (C=O) groups is 1. The second kappa shape index (κ2) is 5.85. The number of fused-ring (bicyclic) bond motifs is 1. The molecule has 0 spiro atoms. The summed E-state index contributed by atoms with van der Waals surface area (Å²) >= 11 is 3.43. The van der Waals surface area contributed by atoms with Crippen molar-refractivity contribution in [2.24, 2.45) is 0 Å². The van der Waals surface area contributed by atoms with E-state index in [0.717, 1.165) is 32.4 Å². The Bertz CT molecular complexity index is 855. The van der Waals surface area contributed by atoms with E-state index in [4.69, 9.17) is 4.74 Å². The summed E-state index contributed by atoms with van der Waals surface area (Å²) in [6.07, 6.45) is 0. The predicted molar refractivity (Wildman–Crippen MR) is 91.7 cm³/mol. The summed E-state index contributed by atoms with van der Waals surface area (Å²) in [7, 11) is 1.63. The van der Waals surface area contributed by atoms with Crippen LogP contribution in [0, 0.1) is 6.92 Å². The molecule has 0 unspecified atom stereocenters. The molecule has 3 rings (SSSR count). The van der Waals surface area contributed by atoms with E-state index in [2.05, 4.69) is 26.2 Å². The van der Waals surface area contributed by atoms with Gasteiger partial charge < -0.3 is 15.0 Å². The first kappa shape index (κ1) is 14.7. The van der Waals surface area contributed by atoms with Crippen molar-refractivity contribution in [2.75, 3.05) is 12.4 Å². The van der Waals surface area contributed by atoms with Crippen LogP contribution in [0.2, 0.25) is 0 Å². The number of amides is 1. The molecular weight excluding hydrogens is 344 g/mol. The Kier molecular flexibility index (Phi) is 3.90. The number of carbonyl (C=O) groups excluding carboxylic acids is 1. The number of aromatic amines is 1. The van der Waals surface area contributed by atoms with Gasteiger partial charge in [-0.05, 0) is 58.7 Å². The molecule has 2 aromatic carbocycles. The van der Waals surface area contributed by atoms with Crippen LogP contribution in [0.15, 0.2) is 46.9 Å². The van der Waals surface area contributed by atoms with E-state index < -0.39 is 0 Å². The Labute approximate surface area is 136 Å². The van der Waals surface area contributed by atoms with Crippen LogP contribution in [0.1, 0.15) is 16.1 Å². The maximum atomic E-state index is 12.5. The number of aryl methyl sites for hydroxylation is 1. The molecule has 0 atom stereocenters. The van der Waals surface area contributed by atoms with E-state index in [-0.39, 0.29) is 5.91 Å². The maximum Gasteiger partial charge on any atom is 0.272 e. The first-order valence-electron chi connectivity index (χ1n) is 6.82. The minimum atomic E-state index is -0.167. The minimum absolute atomic E-state index is 0.167. The summed E-state index contributed by atoms with van der Waals surface area (Å²) in [6.45, 7) is 1.92. The van der Waals surface area contributed by atoms with Gasteiger partial charge >= 0.3 is 0 Å². The third kappa shape index (κ3) is 2.60. The Morgan fingerprint density at radius 1 is 1.23 bits per heavy atom. The summed E-state index contributed by atoms with van der Waals surface area (Å²) in [5.74, 6) is 0.604. The van der Waals surface area contributed by atoms with Crippen LogP contribution in [0.5, 0.6) is 5.75 Å². The topological polar surface area (TPSA) is 54.1 Å². The second-order valence-corrected chi connectivity index (χ2v) is 5.82. The quantitative estimate of drug-likeness (QED) is 0.724. The summed E-state index contributed by atoms with van der Waals surface area (Å²) in [6, 6.07) is 13.2. The van der Waals surface area contributed by atoms with Gasteiger partial charge in [0.05, 0.1) is 12.8 Å². The molecule has 112 valence electrons. The number of anilines is 1. The van der Waals surface area contributed by atoms with E-state index in [0.29, 0.717) is 5.69 Å². The van der Waals surface area contributed by atoms with Gasteiger partial charge in [-0.25, -0.2) is 0 Å². The molecule has 22 heavy (non-hydrogen) atoms. The fourth-order valence-electron chi connectivity index (χ4n) is 2.41. The van der Waals surface area contributed by atoms with Gasteiger partial charge in [0.15, 0.2) is 0 Å². The van der Waals surface area contributed by atoms with Crippen LogP contribution < -0.4 is 10.1 Å². The standard InChI is InChI=1S/C17H15BrN2O2/c1-10-12-9-11(22-2)7-8-14(12)19-16(10)17(21)20-15-6-4-3-5-13(15)18/h3-9,19H,1-2H3,(H,20,21). The molecule has 0 aliphatic rings. The van der Waals surface area contributed by atoms with E-state index in [1.54, 1.807) is 7.11 Å². The van der Waals surface area contributed by atoms with Gasteiger partial charge in [-0.1, -0.05) is 12.1 Å². The highest BCUT2D eigenvalue weighted by Crippen LogP contribution is 2.27. The number of hydrogen-bond acceptors (Lipinski definition) is 2. The van der Waals surface area contributed by atoms with E-state index in [1.807, 2.05) is 49.4 Å². The molecule has 1 amide bonds. The Balaban J connectivity index is 1.97. The summed E-state index contributed by atoms with van der Waals surface area (Å²) in [4.78, 5) is 15.7. The van der Waals surface area contributed by atoms with Crippen molar-refractivity contribution in [3.05, 3.63) is 58.2 Å². The van der Waals surface area contributed by atoms with Crippen molar-refractivity contribution in [2.45, 2.75) is 6.92 Å². The molecule has 0 bridgehead atoms. The largest absolute Gasteiger partial charge is 0.497 e. The normalized spacial score (nSPS) is 10.7. The number of hydrogen-bond donors (Lipinski definition) is 2. The second-order valence-electron chi connectivity index (χ2n) is 4.97.